The van der Waals surface area contributed by atoms with Gasteiger partial charge in [-0.3, -0.25) is 0 Å². The van der Waals surface area contributed by atoms with E-state index in [1.165, 1.54) is 19.3 Å². The molecule has 0 aromatic rings. The van der Waals surface area contributed by atoms with Gasteiger partial charge in [0.1, 0.15) is 0 Å². The maximum atomic E-state index is 8.54. The van der Waals surface area contributed by atoms with E-state index in [1.807, 2.05) is 0 Å². The molecule has 0 aliphatic heterocycles. The van der Waals surface area contributed by atoms with E-state index in [0.717, 1.165) is 31.6 Å². The maximum absolute atomic E-state index is 8.54. The summed E-state index contributed by atoms with van der Waals surface area (Å²) in [5.74, 6) is 0. The number of ether oxygens (including phenoxy) is 1. The van der Waals surface area contributed by atoms with Crippen molar-refractivity contribution >= 4 is 15.9 Å². The Morgan fingerprint density at radius 2 is 2.00 bits per heavy atom. The normalized spacial score (nSPS) is 10.5. The van der Waals surface area contributed by atoms with Gasteiger partial charge in [0.25, 0.3) is 0 Å². The monoisotopic (exact) mass is 276 g/mol. The Morgan fingerprint density at radius 1 is 1.20 bits per heavy atom. The van der Waals surface area contributed by atoms with Gasteiger partial charge in [-0.2, -0.15) is 5.26 Å². The van der Waals surface area contributed by atoms with Crippen molar-refractivity contribution in [1.29, 1.82) is 5.26 Å². The van der Waals surface area contributed by atoms with Crippen LogP contribution in [0.5, 0.6) is 0 Å². The average Bonchev–Trinajstić information content (AvgIpc) is 2.27. The van der Waals surface area contributed by atoms with Crippen LogP contribution in [-0.2, 0) is 4.74 Å². The number of alkyl halides is 1. The quantitative estimate of drug-likeness (QED) is 0.454. The van der Waals surface area contributed by atoms with Gasteiger partial charge in [-0.25, -0.2) is 0 Å². The maximum Gasteiger partial charge on any atom is 0.0635 e. The summed E-state index contributed by atoms with van der Waals surface area (Å²) in [4.78, 5) is 2.31. The summed E-state index contributed by atoms with van der Waals surface area (Å²) in [6, 6.07) is 2.19. The summed E-state index contributed by atoms with van der Waals surface area (Å²) in [5.41, 5.74) is 0. The van der Waals surface area contributed by atoms with E-state index < -0.39 is 0 Å². The van der Waals surface area contributed by atoms with Gasteiger partial charge < -0.3 is 9.64 Å². The lowest BCUT2D eigenvalue weighted by Gasteiger charge is -2.20. The number of nitriles is 1. The van der Waals surface area contributed by atoms with Crippen LogP contribution in [0.2, 0.25) is 0 Å². The van der Waals surface area contributed by atoms with E-state index in [1.54, 1.807) is 7.11 Å². The van der Waals surface area contributed by atoms with Crippen LogP contribution in [0.1, 0.15) is 25.7 Å². The molecule has 0 aromatic carbocycles. The minimum atomic E-state index is 0.613. The topological polar surface area (TPSA) is 36.3 Å². The molecular weight excluding hydrogens is 256 g/mol. The van der Waals surface area contributed by atoms with Gasteiger partial charge in [0.05, 0.1) is 12.7 Å². The SMILES string of the molecule is COCCN(CCC#N)CCCCCBr. The summed E-state index contributed by atoms with van der Waals surface area (Å²) in [6.07, 6.45) is 4.31. The number of hydrogen-bond donors (Lipinski definition) is 0. The third-order valence-corrected chi connectivity index (χ3v) is 2.82. The highest BCUT2D eigenvalue weighted by molar-refractivity contribution is 9.09. The molecule has 0 heterocycles. The summed E-state index contributed by atoms with van der Waals surface area (Å²) in [6.45, 7) is 3.64. The fraction of sp³-hybridized carbons (Fsp3) is 0.909. The molecule has 0 radical (unpaired) electrons. The molecule has 0 aliphatic carbocycles. The molecule has 0 N–H and O–H groups in total. The summed E-state index contributed by atoms with van der Waals surface area (Å²) in [7, 11) is 1.72. The zero-order valence-electron chi connectivity index (χ0n) is 9.54. The summed E-state index contributed by atoms with van der Waals surface area (Å²) < 4.78 is 5.05. The van der Waals surface area contributed by atoms with Gasteiger partial charge in [0.15, 0.2) is 0 Å². The Kier molecular flexibility index (Phi) is 11.9. The number of nitrogens with zero attached hydrogens (tertiary/aromatic N) is 2. The van der Waals surface area contributed by atoms with Crippen molar-refractivity contribution in [2.45, 2.75) is 25.7 Å². The van der Waals surface area contributed by atoms with E-state index in [-0.39, 0.29) is 0 Å². The molecule has 0 spiro atoms. The lowest BCUT2D eigenvalue weighted by atomic mass is 10.2. The van der Waals surface area contributed by atoms with Crippen LogP contribution in [0.4, 0.5) is 0 Å². The summed E-state index contributed by atoms with van der Waals surface area (Å²) >= 11 is 3.42. The molecule has 88 valence electrons. The molecule has 0 rings (SSSR count). The predicted molar refractivity (Wildman–Crippen MR) is 66.2 cm³/mol. The average molecular weight is 277 g/mol. The predicted octanol–water partition coefficient (Wildman–Crippen LogP) is 2.41. The fourth-order valence-corrected chi connectivity index (χ4v) is 1.77. The third-order valence-electron chi connectivity index (χ3n) is 2.26. The van der Waals surface area contributed by atoms with E-state index in [2.05, 4.69) is 26.9 Å². The van der Waals surface area contributed by atoms with Crippen LogP contribution in [0, 0.1) is 11.3 Å². The van der Waals surface area contributed by atoms with Crippen LogP contribution >= 0.6 is 15.9 Å². The highest BCUT2D eigenvalue weighted by Gasteiger charge is 2.03. The zero-order chi connectivity index (χ0) is 11.4. The Morgan fingerprint density at radius 3 is 2.60 bits per heavy atom. The fourth-order valence-electron chi connectivity index (χ4n) is 1.37. The van der Waals surface area contributed by atoms with Gasteiger partial charge in [0.2, 0.25) is 0 Å². The van der Waals surface area contributed by atoms with Crippen molar-refractivity contribution in [1.82, 2.24) is 4.90 Å². The molecule has 0 amide bonds. The van der Waals surface area contributed by atoms with Gasteiger partial charge >= 0.3 is 0 Å². The molecule has 3 nitrogen and oxygen atoms in total. The number of rotatable bonds is 10. The second kappa shape index (κ2) is 12.0. The molecule has 4 heteroatoms. The minimum absolute atomic E-state index is 0.613. The first-order valence-electron chi connectivity index (χ1n) is 5.49. The van der Waals surface area contributed by atoms with Gasteiger partial charge in [-0.15, -0.1) is 0 Å². The lowest BCUT2D eigenvalue weighted by Crippen LogP contribution is -2.29. The van der Waals surface area contributed by atoms with E-state index in [9.17, 15) is 0 Å². The number of methoxy groups -OCH3 is 1. The number of unbranched alkanes of at least 4 members (excludes halogenated alkanes) is 2. The van der Waals surface area contributed by atoms with Crippen LogP contribution in [0.15, 0.2) is 0 Å². The van der Waals surface area contributed by atoms with Gasteiger partial charge in [-0.1, -0.05) is 22.4 Å². The van der Waals surface area contributed by atoms with Crippen LogP contribution < -0.4 is 0 Å². The first-order valence-corrected chi connectivity index (χ1v) is 6.61. The lowest BCUT2D eigenvalue weighted by molar-refractivity contribution is 0.147. The van der Waals surface area contributed by atoms with E-state index in [0.29, 0.717) is 6.42 Å². The van der Waals surface area contributed by atoms with Crippen molar-refractivity contribution in [2.75, 3.05) is 38.7 Å². The first-order chi connectivity index (χ1) is 7.35. The Hall–Kier alpha value is -0.110. The molecule has 0 aromatic heterocycles. The number of halogens is 1. The van der Waals surface area contributed by atoms with Gasteiger partial charge in [-0.05, 0) is 19.4 Å². The van der Waals surface area contributed by atoms with Crippen LogP contribution in [0.3, 0.4) is 0 Å². The Labute approximate surface area is 102 Å². The summed E-state index contributed by atoms with van der Waals surface area (Å²) in [5, 5.41) is 9.62. The Bertz CT molecular complexity index is 170. The molecule has 0 fully saturated rings. The zero-order valence-corrected chi connectivity index (χ0v) is 11.1. The van der Waals surface area contributed by atoms with Crippen molar-refractivity contribution < 1.29 is 4.74 Å². The largest absolute Gasteiger partial charge is 0.383 e. The molecule has 15 heavy (non-hydrogen) atoms. The third kappa shape index (κ3) is 10.2. The highest BCUT2D eigenvalue weighted by Crippen LogP contribution is 2.01. The van der Waals surface area contributed by atoms with Crippen LogP contribution in [0.25, 0.3) is 0 Å². The molecule has 0 unspecified atom stereocenters. The Balaban J connectivity index is 3.55. The minimum Gasteiger partial charge on any atom is -0.383 e. The standard InChI is InChI=1S/C11H21BrN2O/c1-15-11-10-14(9-5-7-13)8-4-2-3-6-12/h2-6,8-11H2,1H3. The molecule has 0 saturated carbocycles. The smallest absolute Gasteiger partial charge is 0.0635 e. The molecule has 0 atom stereocenters. The second-order valence-electron chi connectivity index (χ2n) is 3.49. The second-order valence-corrected chi connectivity index (χ2v) is 4.29. The first kappa shape index (κ1) is 14.9. The molecule has 0 saturated heterocycles. The van der Waals surface area contributed by atoms with E-state index in [4.69, 9.17) is 10.00 Å². The molecule has 0 bridgehead atoms. The van der Waals surface area contributed by atoms with E-state index >= 15 is 0 Å². The van der Waals surface area contributed by atoms with Crippen molar-refractivity contribution in [3.8, 4) is 6.07 Å². The molecular formula is C11H21BrN2O. The van der Waals surface area contributed by atoms with Crippen molar-refractivity contribution in [3.05, 3.63) is 0 Å². The highest BCUT2D eigenvalue weighted by atomic mass is 79.9. The van der Waals surface area contributed by atoms with Gasteiger partial charge in [0, 0.05) is 32.0 Å². The van der Waals surface area contributed by atoms with Crippen molar-refractivity contribution in [3.63, 3.8) is 0 Å². The molecule has 0 aliphatic rings. The number of hydrogen-bond acceptors (Lipinski definition) is 3. The van der Waals surface area contributed by atoms with Crippen molar-refractivity contribution in [2.24, 2.45) is 0 Å². The van der Waals surface area contributed by atoms with Crippen LogP contribution in [-0.4, -0.2) is 43.6 Å².